The maximum absolute atomic E-state index is 6.05. The number of hydrogen-bond acceptors (Lipinski definition) is 3. The molecule has 2 fully saturated rings. The van der Waals surface area contributed by atoms with Crippen LogP contribution < -0.4 is 5.73 Å². The van der Waals surface area contributed by atoms with Crippen LogP contribution in [0.15, 0.2) is 0 Å². The first-order valence-corrected chi connectivity index (χ1v) is 7.33. The molecule has 0 amide bonds. The Morgan fingerprint density at radius 1 is 1.18 bits per heavy atom. The van der Waals surface area contributed by atoms with E-state index < -0.39 is 0 Å². The van der Waals surface area contributed by atoms with Crippen molar-refractivity contribution in [3.8, 4) is 0 Å². The summed E-state index contributed by atoms with van der Waals surface area (Å²) < 4.78 is 0. The van der Waals surface area contributed by atoms with Crippen LogP contribution in [0.5, 0.6) is 0 Å². The molecule has 1 saturated heterocycles. The Bertz CT molecular complexity index is 224. The third kappa shape index (κ3) is 3.21. The summed E-state index contributed by atoms with van der Waals surface area (Å²) in [7, 11) is 4.40. The fourth-order valence-electron chi connectivity index (χ4n) is 3.65. The predicted octanol–water partition coefficient (Wildman–Crippen LogP) is 1.53. The number of rotatable bonds is 4. The molecule has 3 heteroatoms. The van der Waals surface area contributed by atoms with Crippen molar-refractivity contribution in [2.75, 3.05) is 33.7 Å². The van der Waals surface area contributed by atoms with Crippen molar-refractivity contribution < 1.29 is 0 Å². The first kappa shape index (κ1) is 13.3. The van der Waals surface area contributed by atoms with Gasteiger partial charge in [-0.3, -0.25) is 4.90 Å². The third-order valence-corrected chi connectivity index (χ3v) is 4.83. The second kappa shape index (κ2) is 6.17. The lowest BCUT2D eigenvalue weighted by Gasteiger charge is -2.36. The molecule has 2 aliphatic rings. The topological polar surface area (TPSA) is 32.5 Å². The van der Waals surface area contributed by atoms with Crippen LogP contribution >= 0.6 is 0 Å². The van der Waals surface area contributed by atoms with Gasteiger partial charge in [-0.05, 0) is 39.3 Å². The maximum atomic E-state index is 6.05. The lowest BCUT2D eigenvalue weighted by molar-refractivity contribution is 0.138. The van der Waals surface area contributed by atoms with Crippen molar-refractivity contribution in [3.63, 3.8) is 0 Å². The zero-order valence-corrected chi connectivity index (χ0v) is 11.6. The fourth-order valence-corrected chi connectivity index (χ4v) is 3.65. The summed E-state index contributed by atoms with van der Waals surface area (Å²) in [5.41, 5.74) is 6.05. The number of nitrogens with two attached hydrogens (primary N) is 1. The fraction of sp³-hybridized carbons (Fsp3) is 1.00. The Labute approximate surface area is 106 Å². The van der Waals surface area contributed by atoms with E-state index in [-0.39, 0.29) is 0 Å². The highest BCUT2D eigenvalue weighted by molar-refractivity contribution is 4.89. The van der Waals surface area contributed by atoms with Gasteiger partial charge in [0.05, 0.1) is 0 Å². The highest BCUT2D eigenvalue weighted by Gasteiger charge is 2.33. The Kier molecular flexibility index (Phi) is 4.83. The van der Waals surface area contributed by atoms with Crippen LogP contribution in [0, 0.1) is 5.92 Å². The molecule has 0 spiro atoms. The summed E-state index contributed by atoms with van der Waals surface area (Å²) in [4.78, 5) is 5.04. The number of hydrogen-bond donors (Lipinski definition) is 1. The molecule has 2 atom stereocenters. The van der Waals surface area contributed by atoms with Gasteiger partial charge in [0.15, 0.2) is 0 Å². The van der Waals surface area contributed by atoms with Gasteiger partial charge in [0.1, 0.15) is 0 Å². The zero-order valence-electron chi connectivity index (χ0n) is 11.6. The lowest BCUT2D eigenvalue weighted by Crippen LogP contribution is -2.46. The third-order valence-electron chi connectivity index (χ3n) is 4.83. The molecule has 1 aliphatic heterocycles. The molecule has 2 rings (SSSR count). The molecule has 100 valence electrons. The van der Waals surface area contributed by atoms with Crippen LogP contribution in [0.25, 0.3) is 0 Å². The van der Waals surface area contributed by atoms with Crippen LogP contribution in [0.2, 0.25) is 0 Å². The molecule has 1 heterocycles. The molecule has 17 heavy (non-hydrogen) atoms. The van der Waals surface area contributed by atoms with Crippen LogP contribution in [0.3, 0.4) is 0 Å². The lowest BCUT2D eigenvalue weighted by atomic mass is 9.83. The molecule has 0 radical (unpaired) electrons. The largest absolute Gasteiger partial charge is 0.329 e. The second-order valence-corrected chi connectivity index (χ2v) is 6.10. The van der Waals surface area contributed by atoms with Gasteiger partial charge in [0.25, 0.3) is 0 Å². The van der Waals surface area contributed by atoms with Gasteiger partial charge in [-0.15, -0.1) is 0 Å². The first-order chi connectivity index (χ1) is 8.22. The SMILES string of the molecule is CN(C)C1CCN(C(CN)C2CCCCC2)C1. The maximum Gasteiger partial charge on any atom is 0.0247 e. The summed E-state index contributed by atoms with van der Waals surface area (Å²) in [5.74, 6) is 0.870. The molecule has 2 unspecified atom stereocenters. The summed E-state index contributed by atoms with van der Waals surface area (Å²) in [6, 6.07) is 1.40. The molecule has 0 aromatic carbocycles. The van der Waals surface area contributed by atoms with Gasteiger partial charge in [-0.1, -0.05) is 19.3 Å². The number of likely N-dealkylation sites (tertiary alicyclic amines) is 1. The van der Waals surface area contributed by atoms with Crippen molar-refractivity contribution in [2.24, 2.45) is 11.7 Å². The molecule has 1 aliphatic carbocycles. The molecule has 1 saturated carbocycles. The van der Waals surface area contributed by atoms with E-state index in [9.17, 15) is 0 Å². The van der Waals surface area contributed by atoms with Gasteiger partial charge in [-0.25, -0.2) is 0 Å². The summed E-state index contributed by atoms with van der Waals surface area (Å²) in [6.45, 7) is 3.33. The van der Waals surface area contributed by atoms with Gasteiger partial charge < -0.3 is 10.6 Å². The quantitative estimate of drug-likeness (QED) is 0.807. The minimum absolute atomic E-state index is 0.653. The van der Waals surface area contributed by atoms with E-state index in [1.165, 1.54) is 51.6 Å². The van der Waals surface area contributed by atoms with E-state index in [0.717, 1.165) is 18.5 Å². The van der Waals surface area contributed by atoms with Crippen LogP contribution in [-0.4, -0.2) is 55.6 Å². The Morgan fingerprint density at radius 3 is 2.41 bits per heavy atom. The van der Waals surface area contributed by atoms with Crippen molar-refractivity contribution in [2.45, 2.75) is 50.6 Å². The molecule has 2 N–H and O–H groups in total. The summed E-state index contributed by atoms with van der Waals surface area (Å²) >= 11 is 0. The van der Waals surface area contributed by atoms with Gasteiger partial charge >= 0.3 is 0 Å². The zero-order chi connectivity index (χ0) is 12.3. The van der Waals surface area contributed by atoms with Crippen LogP contribution in [0.1, 0.15) is 38.5 Å². The van der Waals surface area contributed by atoms with Gasteiger partial charge in [0.2, 0.25) is 0 Å². The highest BCUT2D eigenvalue weighted by atomic mass is 15.3. The standard InChI is InChI=1S/C14H29N3/c1-16(2)13-8-9-17(11-13)14(10-15)12-6-4-3-5-7-12/h12-14H,3-11,15H2,1-2H3. The van der Waals surface area contributed by atoms with E-state index in [4.69, 9.17) is 5.73 Å². The van der Waals surface area contributed by atoms with E-state index in [1.807, 2.05) is 0 Å². The minimum atomic E-state index is 0.653. The van der Waals surface area contributed by atoms with E-state index in [2.05, 4.69) is 23.9 Å². The average Bonchev–Trinajstić information content (AvgIpc) is 2.81. The molecule has 0 aromatic heterocycles. The van der Waals surface area contributed by atoms with Crippen molar-refractivity contribution in [1.82, 2.24) is 9.80 Å². The normalized spacial score (nSPS) is 30.0. The molecular weight excluding hydrogens is 210 g/mol. The Morgan fingerprint density at radius 2 is 1.88 bits per heavy atom. The smallest absolute Gasteiger partial charge is 0.0247 e. The second-order valence-electron chi connectivity index (χ2n) is 6.10. The van der Waals surface area contributed by atoms with E-state index >= 15 is 0 Å². The molecular formula is C14H29N3. The number of likely N-dealkylation sites (N-methyl/N-ethyl adjacent to an activating group) is 1. The Balaban J connectivity index is 1.90. The highest BCUT2D eigenvalue weighted by Crippen LogP contribution is 2.30. The van der Waals surface area contributed by atoms with Crippen LogP contribution in [0.4, 0.5) is 0 Å². The minimum Gasteiger partial charge on any atom is -0.329 e. The molecule has 0 aromatic rings. The summed E-state index contributed by atoms with van der Waals surface area (Å²) in [5, 5.41) is 0. The molecule has 0 bridgehead atoms. The van der Waals surface area contributed by atoms with Gasteiger partial charge in [-0.2, -0.15) is 0 Å². The van der Waals surface area contributed by atoms with Gasteiger partial charge in [0, 0.05) is 31.7 Å². The van der Waals surface area contributed by atoms with Crippen molar-refractivity contribution in [3.05, 3.63) is 0 Å². The predicted molar refractivity (Wildman–Crippen MR) is 73.1 cm³/mol. The van der Waals surface area contributed by atoms with E-state index in [0.29, 0.717) is 6.04 Å². The average molecular weight is 239 g/mol. The molecule has 3 nitrogen and oxygen atoms in total. The van der Waals surface area contributed by atoms with Crippen molar-refractivity contribution >= 4 is 0 Å². The van der Waals surface area contributed by atoms with Crippen molar-refractivity contribution in [1.29, 1.82) is 0 Å². The monoisotopic (exact) mass is 239 g/mol. The van der Waals surface area contributed by atoms with E-state index in [1.54, 1.807) is 0 Å². The summed E-state index contributed by atoms with van der Waals surface area (Å²) in [6.07, 6.45) is 8.42. The number of nitrogens with zero attached hydrogens (tertiary/aromatic N) is 2. The Hall–Kier alpha value is -0.120. The van der Waals surface area contributed by atoms with Crippen LogP contribution in [-0.2, 0) is 0 Å². The first-order valence-electron chi connectivity index (χ1n) is 7.33.